The van der Waals surface area contributed by atoms with Crippen LogP contribution in [-0.4, -0.2) is 30.2 Å². The van der Waals surface area contributed by atoms with Gasteiger partial charge >= 0.3 is 5.97 Å². The topological polar surface area (TPSA) is 90.8 Å². The van der Waals surface area contributed by atoms with Gasteiger partial charge < -0.3 is 15.7 Å². The Balaban J connectivity index is 2.78. The molecule has 6 heteroatoms. The van der Waals surface area contributed by atoms with Crippen LogP contribution in [0.5, 0.6) is 0 Å². The first-order valence-corrected chi connectivity index (χ1v) is 8.06. The largest absolute Gasteiger partial charge is 0.481 e. The normalized spacial score (nSPS) is 23.1. The molecule has 1 aliphatic rings. The zero-order valence-corrected chi connectivity index (χ0v) is 14.0. The summed E-state index contributed by atoms with van der Waals surface area (Å²) in [5.41, 5.74) is 1.68. The second-order valence-corrected chi connectivity index (χ2v) is 5.83. The number of likely N-dealkylation sites (N-methyl/N-ethyl adjacent to an activating group) is 1. The van der Waals surface area contributed by atoms with Crippen molar-refractivity contribution in [2.45, 2.75) is 51.9 Å². The molecule has 0 radical (unpaired) electrons. The van der Waals surface area contributed by atoms with E-state index >= 15 is 0 Å². The van der Waals surface area contributed by atoms with Crippen molar-refractivity contribution in [1.82, 2.24) is 10.6 Å². The van der Waals surface area contributed by atoms with Crippen LogP contribution in [0.2, 0.25) is 0 Å². The van der Waals surface area contributed by atoms with E-state index < -0.39 is 5.97 Å². The molecule has 6 nitrogen and oxygen atoms in total. The molecule has 1 unspecified atom stereocenters. The molecule has 1 amide bonds. The van der Waals surface area contributed by atoms with E-state index in [0.29, 0.717) is 18.2 Å². The van der Waals surface area contributed by atoms with Crippen LogP contribution >= 0.6 is 0 Å². The number of carbonyl (C=O) groups is 2. The second-order valence-electron chi connectivity index (χ2n) is 5.83. The number of allylic oxidation sites excluding steroid dienone is 1. The SMILES string of the molecule is C=C(NC)/C1=C(NC(C)=O)/N=C\CC(CCCC(=O)O)CCC1. The summed E-state index contributed by atoms with van der Waals surface area (Å²) < 4.78 is 0. The molecule has 0 fully saturated rings. The van der Waals surface area contributed by atoms with Crippen LogP contribution in [-0.2, 0) is 9.59 Å². The average Bonchev–Trinajstić information content (AvgIpc) is 2.57. The summed E-state index contributed by atoms with van der Waals surface area (Å²) in [6.07, 6.45) is 7.16. The third-order valence-corrected chi connectivity index (χ3v) is 3.95. The van der Waals surface area contributed by atoms with Gasteiger partial charge in [-0.05, 0) is 44.4 Å². The zero-order chi connectivity index (χ0) is 17.2. The van der Waals surface area contributed by atoms with Gasteiger partial charge in [0.15, 0.2) is 0 Å². The second kappa shape index (κ2) is 9.82. The summed E-state index contributed by atoms with van der Waals surface area (Å²) in [5.74, 6) is 0.0849. The van der Waals surface area contributed by atoms with Crippen molar-refractivity contribution in [3.8, 4) is 0 Å². The molecule has 0 spiro atoms. The molecule has 1 atom stereocenters. The predicted octanol–water partition coefficient (Wildman–Crippen LogP) is 2.58. The molecular formula is C17H27N3O3. The van der Waals surface area contributed by atoms with Gasteiger partial charge in [0.1, 0.15) is 5.82 Å². The molecule has 1 rings (SSSR count). The van der Waals surface area contributed by atoms with Crippen molar-refractivity contribution >= 4 is 18.1 Å². The summed E-state index contributed by atoms with van der Waals surface area (Å²) in [7, 11) is 1.80. The summed E-state index contributed by atoms with van der Waals surface area (Å²) in [6.45, 7) is 5.45. The number of aliphatic carboxylic acids is 1. The fraction of sp³-hybridized carbons (Fsp3) is 0.588. The van der Waals surface area contributed by atoms with Gasteiger partial charge in [-0.3, -0.25) is 9.59 Å². The van der Waals surface area contributed by atoms with Crippen molar-refractivity contribution in [1.29, 1.82) is 0 Å². The number of rotatable bonds is 7. The van der Waals surface area contributed by atoms with Crippen molar-refractivity contribution in [3.63, 3.8) is 0 Å². The lowest BCUT2D eigenvalue weighted by molar-refractivity contribution is -0.137. The van der Waals surface area contributed by atoms with Crippen molar-refractivity contribution in [3.05, 3.63) is 23.7 Å². The average molecular weight is 321 g/mol. The van der Waals surface area contributed by atoms with Crippen LogP contribution in [0.3, 0.4) is 0 Å². The van der Waals surface area contributed by atoms with Crippen LogP contribution < -0.4 is 10.6 Å². The number of amides is 1. The molecule has 1 heterocycles. The summed E-state index contributed by atoms with van der Waals surface area (Å²) in [5, 5.41) is 14.5. The van der Waals surface area contributed by atoms with Gasteiger partial charge in [0.05, 0.1) is 0 Å². The number of carboxylic acids is 1. The Morgan fingerprint density at radius 3 is 2.83 bits per heavy atom. The number of hydrogen-bond donors (Lipinski definition) is 3. The summed E-state index contributed by atoms with van der Waals surface area (Å²) >= 11 is 0. The van der Waals surface area contributed by atoms with E-state index in [1.165, 1.54) is 6.92 Å². The molecule has 0 saturated carbocycles. The van der Waals surface area contributed by atoms with Crippen LogP contribution in [0.15, 0.2) is 28.7 Å². The Hall–Kier alpha value is -2.11. The third-order valence-electron chi connectivity index (χ3n) is 3.95. The standard InChI is InChI=1S/C17H27N3O3/c1-12(18-3)15-8-4-6-14(7-5-9-16(22)23)10-11-19-17(15)20-13(2)21/h11,14,18H,1,4-10H2,2-3H3,(H,20,21)(H,22,23)/b17-15-,19-11-. The molecule has 0 aromatic carbocycles. The lowest BCUT2D eigenvalue weighted by atomic mass is 9.92. The van der Waals surface area contributed by atoms with Crippen molar-refractivity contribution in [2.75, 3.05) is 7.05 Å². The smallest absolute Gasteiger partial charge is 0.303 e. The molecule has 3 N–H and O–H groups in total. The van der Waals surface area contributed by atoms with E-state index in [0.717, 1.165) is 43.4 Å². The van der Waals surface area contributed by atoms with Gasteiger partial charge in [-0.1, -0.05) is 6.58 Å². The highest BCUT2D eigenvalue weighted by Gasteiger charge is 2.15. The molecule has 0 aromatic rings. The molecule has 0 saturated heterocycles. The summed E-state index contributed by atoms with van der Waals surface area (Å²) in [4.78, 5) is 26.5. The zero-order valence-electron chi connectivity index (χ0n) is 14.0. The van der Waals surface area contributed by atoms with E-state index in [4.69, 9.17) is 5.11 Å². The number of aliphatic imine (C=N–C) groups is 1. The number of carbonyl (C=O) groups excluding carboxylic acids is 1. The van der Waals surface area contributed by atoms with Gasteiger partial charge in [-0.15, -0.1) is 0 Å². The van der Waals surface area contributed by atoms with E-state index in [-0.39, 0.29) is 12.3 Å². The van der Waals surface area contributed by atoms with Gasteiger partial charge in [-0.25, -0.2) is 4.99 Å². The Morgan fingerprint density at radius 1 is 1.48 bits per heavy atom. The van der Waals surface area contributed by atoms with Gasteiger partial charge in [0.2, 0.25) is 5.91 Å². The highest BCUT2D eigenvalue weighted by Crippen LogP contribution is 2.25. The van der Waals surface area contributed by atoms with Crippen LogP contribution in [0, 0.1) is 5.92 Å². The first-order chi connectivity index (χ1) is 10.9. The molecule has 0 bridgehead atoms. The maximum Gasteiger partial charge on any atom is 0.303 e. The Kier molecular flexibility index (Phi) is 8.08. The molecule has 23 heavy (non-hydrogen) atoms. The first-order valence-electron chi connectivity index (χ1n) is 8.06. The number of nitrogens with zero attached hydrogens (tertiary/aromatic N) is 1. The number of nitrogens with one attached hydrogen (secondary N) is 2. The van der Waals surface area contributed by atoms with Crippen LogP contribution in [0.25, 0.3) is 0 Å². The first kappa shape index (κ1) is 18.9. The molecule has 0 aromatic heterocycles. The Morgan fingerprint density at radius 2 is 2.22 bits per heavy atom. The predicted molar refractivity (Wildman–Crippen MR) is 91.0 cm³/mol. The van der Waals surface area contributed by atoms with E-state index in [1.807, 2.05) is 6.21 Å². The maximum atomic E-state index is 11.4. The lowest BCUT2D eigenvalue weighted by Gasteiger charge is -2.15. The maximum absolute atomic E-state index is 11.4. The Labute approximate surface area is 137 Å². The quantitative estimate of drug-likeness (QED) is 0.672. The van der Waals surface area contributed by atoms with Gasteiger partial charge in [0.25, 0.3) is 0 Å². The van der Waals surface area contributed by atoms with Crippen LogP contribution in [0.4, 0.5) is 0 Å². The van der Waals surface area contributed by atoms with Gasteiger partial charge in [-0.2, -0.15) is 0 Å². The molecule has 128 valence electrons. The molecule has 1 aliphatic heterocycles. The lowest BCUT2D eigenvalue weighted by Crippen LogP contribution is -2.22. The van der Waals surface area contributed by atoms with E-state index in [9.17, 15) is 9.59 Å². The fourth-order valence-electron chi connectivity index (χ4n) is 2.70. The minimum absolute atomic E-state index is 0.157. The summed E-state index contributed by atoms with van der Waals surface area (Å²) in [6, 6.07) is 0. The highest BCUT2D eigenvalue weighted by molar-refractivity contribution is 5.76. The van der Waals surface area contributed by atoms with E-state index in [2.05, 4.69) is 22.2 Å². The fourth-order valence-corrected chi connectivity index (χ4v) is 2.70. The monoisotopic (exact) mass is 321 g/mol. The third kappa shape index (κ3) is 7.13. The van der Waals surface area contributed by atoms with Crippen LogP contribution in [0.1, 0.15) is 51.9 Å². The minimum atomic E-state index is -0.746. The highest BCUT2D eigenvalue weighted by atomic mass is 16.4. The van der Waals surface area contributed by atoms with E-state index in [1.54, 1.807) is 7.05 Å². The molecule has 0 aliphatic carbocycles. The minimum Gasteiger partial charge on any atom is -0.481 e. The van der Waals surface area contributed by atoms with Gasteiger partial charge in [0, 0.05) is 37.9 Å². The number of carboxylic acid groups (broad SMARTS) is 1. The van der Waals surface area contributed by atoms with Crippen molar-refractivity contribution < 1.29 is 14.7 Å². The Bertz CT molecular complexity index is 509. The molecular weight excluding hydrogens is 294 g/mol. The van der Waals surface area contributed by atoms with Crippen molar-refractivity contribution in [2.24, 2.45) is 10.9 Å². The number of hydrogen-bond acceptors (Lipinski definition) is 4.